The van der Waals surface area contributed by atoms with Crippen molar-refractivity contribution in [1.82, 2.24) is 5.32 Å². The van der Waals surface area contributed by atoms with Crippen LogP contribution in [0.15, 0.2) is 60.7 Å². The zero-order chi connectivity index (χ0) is 35.5. The van der Waals surface area contributed by atoms with Crippen LogP contribution in [0.1, 0.15) is 38.8 Å². The van der Waals surface area contributed by atoms with Crippen LogP contribution in [-0.2, 0) is 70.3 Å². The quantitative estimate of drug-likeness (QED) is 0.124. The Labute approximate surface area is 298 Å². The van der Waals surface area contributed by atoms with Crippen molar-refractivity contribution in [3.63, 3.8) is 0 Å². The molecule has 0 spiro atoms. The Hall–Kier alpha value is -3.19. The molecule has 2 aromatic rings. The van der Waals surface area contributed by atoms with Crippen LogP contribution in [0.2, 0.25) is 0 Å². The van der Waals surface area contributed by atoms with Crippen LogP contribution in [0.25, 0.3) is 0 Å². The Morgan fingerprint density at radius 3 is 1.82 bits per heavy atom. The SMILES string of the molecule is CC(=O)N[C@@H]1[C@@H](OCc2ccccc2)[C@H](O[C@@H]2O[C@H](CI)[C@@H](OC(C)=O)[C@H](OC(C)=O)[C@H]2OC(C)=O)[C@@H](COCc2ccccc2)O[C@@H]1O. The number of amides is 1. The van der Waals surface area contributed by atoms with E-state index in [1.54, 1.807) is 0 Å². The molecule has 2 saturated heterocycles. The van der Waals surface area contributed by atoms with Crippen molar-refractivity contribution in [1.29, 1.82) is 0 Å². The van der Waals surface area contributed by atoms with Crippen LogP contribution in [0.4, 0.5) is 0 Å². The predicted octanol–water partition coefficient (Wildman–Crippen LogP) is 2.35. The van der Waals surface area contributed by atoms with Gasteiger partial charge in [0.1, 0.15) is 30.5 Å². The molecule has 10 atom stereocenters. The van der Waals surface area contributed by atoms with Crippen molar-refractivity contribution < 1.29 is 62.2 Å². The Balaban J connectivity index is 1.73. The third-order valence-corrected chi connectivity index (χ3v) is 8.52. The van der Waals surface area contributed by atoms with Crippen LogP contribution in [0.5, 0.6) is 0 Å². The molecule has 49 heavy (non-hydrogen) atoms. The lowest BCUT2D eigenvalue weighted by Crippen LogP contribution is -2.68. The fourth-order valence-electron chi connectivity index (χ4n) is 5.68. The highest BCUT2D eigenvalue weighted by molar-refractivity contribution is 14.1. The summed E-state index contributed by atoms with van der Waals surface area (Å²) in [5.41, 5.74) is 1.69. The average Bonchev–Trinajstić information content (AvgIpc) is 3.05. The van der Waals surface area contributed by atoms with E-state index in [1.807, 2.05) is 83.3 Å². The van der Waals surface area contributed by atoms with E-state index < -0.39 is 85.2 Å². The first-order chi connectivity index (χ1) is 23.5. The number of nitrogens with one attached hydrogen (secondary N) is 1. The third kappa shape index (κ3) is 11.2. The highest BCUT2D eigenvalue weighted by atomic mass is 127. The van der Waals surface area contributed by atoms with Crippen LogP contribution >= 0.6 is 22.6 Å². The number of halogens is 1. The lowest BCUT2D eigenvalue weighted by Gasteiger charge is -2.49. The number of benzene rings is 2. The van der Waals surface area contributed by atoms with Gasteiger partial charge in [0.15, 0.2) is 30.9 Å². The Morgan fingerprint density at radius 2 is 1.27 bits per heavy atom. The van der Waals surface area contributed by atoms with Crippen molar-refractivity contribution in [3.05, 3.63) is 71.8 Å². The molecule has 1 amide bonds. The Bertz CT molecular complexity index is 1380. The molecule has 2 fully saturated rings. The molecule has 268 valence electrons. The van der Waals surface area contributed by atoms with Gasteiger partial charge in [0.2, 0.25) is 5.91 Å². The lowest BCUT2D eigenvalue weighted by molar-refractivity contribution is -0.346. The van der Waals surface area contributed by atoms with E-state index in [0.717, 1.165) is 18.1 Å². The van der Waals surface area contributed by atoms with Crippen molar-refractivity contribution in [2.24, 2.45) is 0 Å². The number of carbonyl (C=O) groups excluding carboxylic acids is 4. The monoisotopic (exact) mass is 799 g/mol. The molecule has 15 heteroatoms. The number of ether oxygens (including phenoxy) is 8. The average molecular weight is 800 g/mol. The Morgan fingerprint density at radius 1 is 0.714 bits per heavy atom. The van der Waals surface area contributed by atoms with Crippen LogP contribution in [-0.4, -0.2) is 101 Å². The minimum Gasteiger partial charge on any atom is -0.456 e. The fourth-order valence-corrected chi connectivity index (χ4v) is 6.39. The highest BCUT2D eigenvalue weighted by Gasteiger charge is 2.55. The number of aliphatic hydroxyl groups is 1. The lowest BCUT2D eigenvalue weighted by atomic mass is 9.95. The zero-order valence-corrected chi connectivity index (χ0v) is 29.8. The largest absolute Gasteiger partial charge is 0.456 e. The van der Waals surface area contributed by atoms with Crippen molar-refractivity contribution in [2.75, 3.05) is 11.0 Å². The normalized spacial score (nSPS) is 29.8. The molecule has 0 bridgehead atoms. The number of hydrogen-bond donors (Lipinski definition) is 2. The van der Waals surface area contributed by atoms with E-state index in [9.17, 15) is 24.3 Å². The fraction of sp³-hybridized carbons (Fsp3) is 0.529. The summed E-state index contributed by atoms with van der Waals surface area (Å²) >= 11 is 2.03. The molecule has 2 aliphatic rings. The van der Waals surface area contributed by atoms with Crippen molar-refractivity contribution in [3.8, 4) is 0 Å². The van der Waals surface area contributed by atoms with Gasteiger partial charge < -0.3 is 48.3 Å². The van der Waals surface area contributed by atoms with Gasteiger partial charge >= 0.3 is 17.9 Å². The van der Waals surface area contributed by atoms with Gasteiger partial charge in [0.05, 0.1) is 19.8 Å². The van der Waals surface area contributed by atoms with E-state index in [4.69, 9.17) is 37.9 Å². The summed E-state index contributed by atoms with van der Waals surface area (Å²) in [7, 11) is 0. The van der Waals surface area contributed by atoms with Gasteiger partial charge in [-0.2, -0.15) is 0 Å². The van der Waals surface area contributed by atoms with Gasteiger partial charge in [0, 0.05) is 32.1 Å². The predicted molar refractivity (Wildman–Crippen MR) is 179 cm³/mol. The first kappa shape index (κ1) is 38.6. The summed E-state index contributed by atoms with van der Waals surface area (Å²) in [6.07, 6.45) is -10.9. The molecule has 2 aromatic carbocycles. The first-order valence-electron chi connectivity index (χ1n) is 15.7. The summed E-state index contributed by atoms with van der Waals surface area (Å²) in [5, 5.41) is 13.9. The molecule has 0 aliphatic carbocycles. The minimum atomic E-state index is -1.53. The maximum atomic E-state index is 12.4. The topological polar surface area (TPSA) is 174 Å². The van der Waals surface area contributed by atoms with Gasteiger partial charge in [-0.1, -0.05) is 83.3 Å². The van der Waals surface area contributed by atoms with Gasteiger partial charge in [-0.05, 0) is 11.1 Å². The van der Waals surface area contributed by atoms with Crippen LogP contribution in [0, 0.1) is 0 Å². The molecular formula is C34H42INO13. The van der Waals surface area contributed by atoms with Gasteiger partial charge in [-0.15, -0.1) is 0 Å². The molecule has 2 heterocycles. The van der Waals surface area contributed by atoms with Crippen LogP contribution in [0.3, 0.4) is 0 Å². The molecule has 0 radical (unpaired) electrons. The molecule has 0 unspecified atom stereocenters. The number of hydrogen-bond acceptors (Lipinski definition) is 13. The number of alkyl halides is 1. The maximum Gasteiger partial charge on any atom is 0.303 e. The first-order valence-corrected chi connectivity index (χ1v) is 17.3. The summed E-state index contributed by atoms with van der Waals surface area (Å²) in [6.45, 7) is 4.98. The summed E-state index contributed by atoms with van der Waals surface area (Å²) in [5.74, 6) is -2.60. The summed E-state index contributed by atoms with van der Waals surface area (Å²) in [4.78, 5) is 49.1. The molecule has 2 N–H and O–H groups in total. The second-order valence-electron chi connectivity index (χ2n) is 11.6. The number of esters is 3. The number of rotatable bonds is 14. The van der Waals surface area contributed by atoms with E-state index in [1.165, 1.54) is 20.8 Å². The standard InChI is InChI=1S/C34H42INO13/c1-19(37)36-27-30(43-17-24-13-9-6-10-14-24)29(26(47-33(27)41)18-42-16-23-11-7-5-8-12-23)49-34-32(46-22(4)40)31(45-21(3)39)28(44-20(2)38)25(15-35)48-34/h5-14,25-34,41H,15-18H2,1-4H3,(H,36,37)/t25-,26-,27-,28-,29-,30-,31+,32-,33+,34+/m1/s1. The zero-order valence-electron chi connectivity index (χ0n) is 27.6. The number of aliphatic hydroxyl groups excluding tert-OH is 1. The van der Waals surface area contributed by atoms with Gasteiger partial charge in [-0.3, -0.25) is 19.2 Å². The van der Waals surface area contributed by atoms with Crippen molar-refractivity contribution >= 4 is 46.4 Å². The van der Waals surface area contributed by atoms with Crippen LogP contribution < -0.4 is 5.32 Å². The van der Waals surface area contributed by atoms with E-state index in [-0.39, 0.29) is 24.2 Å². The van der Waals surface area contributed by atoms with E-state index in [0.29, 0.717) is 0 Å². The smallest absolute Gasteiger partial charge is 0.303 e. The van der Waals surface area contributed by atoms with Gasteiger partial charge in [0.25, 0.3) is 0 Å². The van der Waals surface area contributed by atoms with Crippen molar-refractivity contribution in [2.45, 2.75) is 102 Å². The van der Waals surface area contributed by atoms with E-state index in [2.05, 4.69) is 5.32 Å². The number of carbonyl (C=O) groups is 4. The third-order valence-electron chi connectivity index (χ3n) is 7.66. The molecule has 2 aliphatic heterocycles. The Kier molecular flexibility index (Phi) is 14.7. The molecule has 4 rings (SSSR count). The van der Waals surface area contributed by atoms with Gasteiger partial charge in [-0.25, -0.2) is 0 Å². The molecule has 14 nitrogen and oxygen atoms in total. The molecule has 0 aromatic heterocycles. The molecular weight excluding hydrogens is 757 g/mol. The second-order valence-corrected chi connectivity index (χ2v) is 12.5. The maximum absolute atomic E-state index is 12.4. The summed E-state index contributed by atoms with van der Waals surface area (Å²) < 4.78 is 48.2. The van der Waals surface area contributed by atoms with E-state index >= 15 is 0 Å². The highest BCUT2D eigenvalue weighted by Crippen LogP contribution is 2.34. The minimum absolute atomic E-state index is 0.0611. The molecule has 0 saturated carbocycles. The summed E-state index contributed by atoms with van der Waals surface area (Å²) in [6, 6.07) is 17.5. The second kappa shape index (κ2) is 18.7.